The van der Waals surface area contributed by atoms with Gasteiger partial charge in [0.15, 0.2) is 5.16 Å². The lowest BCUT2D eigenvalue weighted by Crippen LogP contribution is -2.34. The zero-order valence-electron chi connectivity index (χ0n) is 24.8. The van der Waals surface area contributed by atoms with Gasteiger partial charge in [0.25, 0.3) is 5.56 Å². The summed E-state index contributed by atoms with van der Waals surface area (Å²) in [7, 11) is 0. The molecule has 224 valence electrons. The number of rotatable bonds is 11. The van der Waals surface area contributed by atoms with Crippen molar-refractivity contribution in [2.45, 2.75) is 76.9 Å². The molecule has 2 aromatic carbocycles. The van der Waals surface area contributed by atoms with E-state index in [1.807, 2.05) is 47.7 Å². The molecule has 43 heavy (non-hydrogen) atoms. The first-order valence-electron chi connectivity index (χ1n) is 14.9. The summed E-state index contributed by atoms with van der Waals surface area (Å²) < 4.78 is 9.89. The third-order valence-corrected chi connectivity index (χ3v) is 10.2. The molecule has 0 unspecified atom stereocenters. The van der Waals surface area contributed by atoms with E-state index in [1.54, 1.807) is 15.9 Å². The molecule has 3 aromatic heterocycles. The molecule has 0 spiro atoms. The molecule has 4 heterocycles. The number of carbonyl (C=O) groups is 1. The number of nitrogens with zero attached hydrogens (tertiary/aromatic N) is 4. The molecule has 1 amide bonds. The zero-order valence-corrected chi connectivity index (χ0v) is 26.4. The number of ether oxygens (including phenoxy) is 1. The molecule has 0 radical (unpaired) electrons. The largest absolute Gasteiger partial charge is 0.372 e. The van der Waals surface area contributed by atoms with Crippen molar-refractivity contribution in [3.63, 3.8) is 0 Å². The highest BCUT2D eigenvalue weighted by molar-refractivity contribution is 7.99. The summed E-state index contributed by atoms with van der Waals surface area (Å²) in [5.41, 5.74) is 3.47. The molecule has 10 heteroatoms. The summed E-state index contributed by atoms with van der Waals surface area (Å²) in [6.07, 6.45) is 3.25. The van der Waals surface area contributed by atoms with Gasteiger partial charge >= 0.3 is 0 Å². The Bertz CT molecular complexity index is 1780. The number of aromatic nitrogens is 4. The van der Waals surface area contributed by atoms with E-state index < -0.39 is 0 Å². The Kier molecular flexibility index (Phi) is 8.97. The lowest BCUT2D eigenvalue weighted by atomic mass is 9.96. The number of thiophene rings is 1. The minimum absolute atomic E-state index is 0.0331. The van der Waals surface area contributed by atoms with Gasteiger partial charge in [0, 0.05) is 23.9 Å². The predicted octanol–water partition coefficient (Wildman–Crippen LogP) is 5.68. The lowest BCUT2D eigenvalue weighted by molar-refractivity contribution is -0.119. The maximum absolute atomic E-state index is 14.1. The molecule has 1 N–H and O–H groups in total. The van der Waals surface area contributed by atoms with Gasteiger partial charge in [-0.3, -0.25) is 14.2 Å². The monoisotopic (exact) mass is 615 g/mol. The van der Waals surface area contributed by atoms with Gasteiger partial charge in [-0.2, -0.15) is 0 Å². The first-order chi connectivity index (χ1) is 20.9. The third-order valence-electron chi connectivity index (χ3n) is 8.08. The molecule has 2 atom stereocenters. The van der Waals surface area contributed by atoms with E-state index in [-0.39, 0.29) is 29.4 Å². The Labute approximate surface area is 259 Å². The maximum atomic E-state index is 14.1. The van der Waals surface area contributed by atoms with Crippen molar-refractivity contribution in [3.05, 3.63) is 92.6 Å². The second-order valence-electron chi connectivity index (χ2n) is 11.6. The van der Waals surface area contributed by atoms with Gasteiger partial charge in [0.05, 0.1) is 23.8 Å². The number of benzene rings is 2. The minimum Gasteiger partial charge on any atom is -0.372 e. The van der Waals surface area contributed by atoms with Crippen LogP contribution in [-0.4, -0.2) is 43.0 Å². The molecule has 8 nitrogen and oxygen atoms in total. The van der Waals surface area contributed by atoms with Crippen LogP contribution in [0.15, 0.2) is 70.6 Å². The molecule has 1 aliphatic heterocycles. The SMILES string of the molecule is CC(C)[C@@H]1Cc2c(sc3c2c(=O)n(CCc2ccccc2)c2nnc(SCC(=O)N[C@H](C)CCc4ccccc4)n32)CO1. The molecular formula is C33H37N5O3S2. The number of carbonyl (C=O) groups excluding carboxylic acids is 1. The number of amides is 1. The van der Waals surface area contributed by atoms with Crippen LogP contribution in [-0.2, 0) is 41.9 Å². The maximum Gasteiger partial charge on any atom is 0.263 e. The minimum atomic E-state index is -0.0467. The van der Waals surface area contributed by atoms with E-state index in [4.69, 9.17) is 4.74 Å². The number of fused-ring (bicyclic) bond motifs is 5. The topological polar surface area (TPSA) is 90.5 Å². The molecule has 6 rings (SSSR count). The van der Waals surface area contributed by atoms with Crippen molar-refractivity contribution in [2.75, 3.05) is 5.75 Å². The van der Waals surface area contributed by atoms with E-state index in [0.717, 1.165) is 39.1 Å². The molecule has 0 aliphatic carbocycles. The van der Waals surface area contributed by atoms with Crippen LogP contribution in [0.1, 0.15) is 48.8 Å². The summed E-state index contributed by atoms with van der Waals surface area (Å²) in [4.78, 5) is 29.0. The summed E-state index contributed by atoms with van der Waals surface area (Å²) in [6, 6.07) is 20.5. The van der Waals surface area contributed by atoms with Crippen LogP contribution < -0.4 is 10.9 Å². The Balaban J connectivity index is 1.28. The quantitative estimate of drug-likeness (QED) is 0.193. The average molecular weight is 616 g/mol. The highest BCUT2D eigenvalue weighted by Gasteiger charge is 2.30. The van der Waals surface area contributed by atoms with E-state index >= 15 is 0 Å². The van der Waals surface area contributed by atoms with Gasteiger partial charge in [-0.1, -0.05) is 86.3 Å². The molecular weight excluding hydrogens is 579 g/mol. The number of hydrogen-bond acceptors (Lipinski definition) is 7. The van der Waals surface area contributed by atoms with Crippen LogP contribution in [0.5, 0.6) is 0 Å². The van der Waals surface area contributed by atoms with Crippen molar-refractivity contribution in [3.8, 4) is 0 Å². The van der Waals surface area contributed by atoms with Crippen molar-refractivity contribution in [1.82, 2.24) is 24.5 Å². The standard InChI is InChI=1S/C33H37N5O3S2/c1-21(2)26-18-25-27(19-41-26)43-31-29(25)30(40)37(17-16-24-12-8-5-9-13-24)32-35-36-33(38(31)32)42-20-28(39)34-22(3)14-15-23-10-6-4-7-11-23/h4-13,21-22,26H,14-20H2,1-3H3,(H,34,39)/t22-,26+/m1/s1. The van der Waals surface area contributed by atoms with Crippen LogP contribution in [0.25, 0.3) is 16.0 Å². The zero-order chi connectivity index (χ0) is 29.9. The summed E-state index contributed by atoms with van der Waals surface area (Å²) >= 11 is 2.93. The van der Waals surface area contributed by atoms with Crippen LogP contribution in [0.4, 0.5) is 0 Å². The molecule has 0 saturated carbocycles. The van der Waals surface area contributed by atoms with Crippen molar-refractivity contribution >= 4 is 45.0 Å². The Morgan fingerprint density at radius 1 is 1.05 bits per heavy atom. The summed E-state index contributed by atoms with van der Waals surface area (Å²) in [5, 5.41) is 13.5. The van der Waals surface area contributed by atoms with Gasteiger partial charge in [-0.25, -0.2) is 4.40 Å². The van der Waals surface area contributed by atoms with E-state index in [9.17, 15) is 9.59 Å². The van der Waals surface area contributed by atoms with E-state index in [2.05, 4.69) is 53.6 Å². The van der Waals surface area contributed by atoms with Crippen LogP contribution >= 0.6 is 23.1 Å². The van der Waals surface area contributed by atoms with Gasteiger partial charge in [0.2, 0.25) is 11.7 Å². The van der Waals surface area contributed by atoms with Gasteiger partial charge < -0.3 is 10.1 Å². The first-order valence-corrected chi connectivity index (χ1v) is 16.7. The van der Waals surface area contributed by atoms with Crippen molar-refractivity contribution in [2.24, 2.45) is 5.92 Å². The highest BCUT2D eigenvalue weighted by Crippen LogP contribution is 2.37. The number of nitrogens with one attached hydrogen (secondary N) is 1. The second-order valence-corrected chi connectivity index (χ2v) is 13.6. The van der Waals surface area contributed by atoms with Gasteiger partial charge in [-0.15, -0.1) is 21.5 Å². The molecule has 0 bridgehead atoms. The number of hydrogen-bond donors (Lipinski definition) is 1. The fraction of sp³-hybridized carbons (Fsp3) is 0.394. The molecule has 1 aliphatic rings. The average Bonchev–Trinajstić information content (AvgIpc) is 3.61. The normalized spacial score (nSPS) is 15.7. The summed E-state index contributed by atoms with van der Waals surface area (Å²) in [5.74, 6) is 1.02. The lowest BCUT2D eigenvalue weighted by Gasteiger charge is -2.26. The van der Waals surface area contributed by atoms with E-state index in [0.29, 0.717) is 42.8 Å². The predicted molar refractivity (Wildman–Crippen MR) is 173 cm³/mol. The molecule has 0 fully saturated rings. The van der Waals surface area contributed by atoms with Crippen molar-refractivity contribution in [1.29, 1.82) is 0 Å². The second kappa shape index (κ2) is 13.0. The molecule has 0 saturated heterocycles. The third kappa shape index (κ3) is 6.41. The Morgan fingerprint density at radius 3 is 2.44 bits per heavy atom. The smallest absolute Gasteiger partial charge is 0.263 e. The fourth-order valence-electron chi connectivity index (χ4n) is 5.65. The van der Waals surface area contributed by atoms with Crippen LogP contribution in [0, 0.1) is 5.92 Å². The summed E-state index contributed by atoms with van der Waals surface area (Å²) in [6.45, 7) is 7.33. The fourth-order valence-corrected chi connectivity index (χ4v) is 7.69. The number of thioether (sulfide) groups is 1. The molecule has 5 aromatic rings. The number of aryl methyl sites for hydroxylation is 3. The van der Waals surface area contributed by atoms with Crippen LogP contribution in [0.3, 0.4) is 0 Å². The first kappa shape index (κ1) is 29.6. The Morgan fingerprint density at radius 2 is 1.74 bits per heavy atom. The van der Waals surface area contributed by atoms with Crippen LogP contribution in [0.2, 0.25) is 0 Å². The van der Waals surface area contributed by atoms with Gasteiger partial charge in [-0.05, 0) is 48.8 Å². The highest BCUT2D eigenvalue weighted by atomic mass is 32.2. The van der Waals surface area contributed by atoms with E-state index in [1.165, 1.54) is 17.3 Å². The van der Waals surface area contributed by atoms with Crippen molar-refractivity contribution < 1.29 is 9.53 Å². The van der Waals surface area contributed by atoms with Gasteiger partial charge in [0.1, 0.15) is 4.83 Å². The Hall–Kier alpha value is -3.47.